The average Bonchev–Trinajstić information content (AvgIpc) is 3.23. The summed E-state index contributed by atoms with van der Waals surface area (Å²) < 4.78 is 12.7. The molecule has 2 spiro atoms. The van der Waals surface area contributed by atoms with Crippen LogP contribution in [-0.4, -0.2) is 46.2 Å². The smallest absolute Gasteiger partial charge is 0.305 e. The first kappa shape index (κ1) is 27.5. The maximum atomic E-state index is 12.2. The van der Waals surface area contributed by atoms with Crippen LogP contribution in [-0.2, 0) is 14.3 Å². The summed E-state index contributed by atoms with van der Waals surface area (Å²) in [6.45, 7) is 17.8. The summed E-state index contributed by atoms with van der Waals surface area (Å²) in [6.07, 6.45) is 9.71. The van der Waals surface area contributed by atoms with E-state index in [-0.39, 0.29) is 35.1 Å². The number of hydrogen-bond donors (Lipinski definition) is 2. The van der Waals surface area contributed by atoms with Crippen molar-refractivity contribution < 1.29 is 24.5 Å². The van der Waals surface area contributed by atoms with E-state index < -0.39 is 11.7 Å². The molecule has 5 aliphatic carbocycles. The number of fused-ring (bicyclic) bond motifs is 4. The van der Waals surface area contributed by atoms with Gasteiger partial charge in [-0.05, 0) is 122 Å². The largest absolute Gasteiger partial charge is 0.457 e. The van der Waals surface area contributed by atoms with E-state index in [1.54, 1.807) is 20.8 Å². The lowest BCUT2D eigenvalue weighted by Crippen LogP contribution is -2.58. The van der Waals surface area contributed by atoms with Gasteiger partial charge < -0.3 is 19.7 Å². The van der Waals surface area contributed by atoms with Crippen LogP contribution in [0.2, 0.25) is 0 Å². The minimum absolute atomic E-state index is 0.000120. The summed E-state index contributed by atoms with van der Waals surface area (Å²) in [5.41, 5.74) is 0.223. The molecule has 1 heterocycles. The second kappa shape index (κ2) is 8.22. The summed E-state index contributed by atoms with van der Waals surface area (Å²) in [4.78, 5) is 12.2. The summed E-state index contributed by atoms with van der Waals surface area (Å²) in [6, 6.07) is 0. The van der Waals surface area contributed by atoms with Gasteiger partial charge in [0.1, 0.15) is 0 Å². The summed E-state index contributed by atoms with van der Waals surface area (Å²) in [7, 11) is 0. The lowest BCUT2D eigenvalue weighted by Gasteiger charge is -2.64. The van der Waals surface area contributed by atoms with Crippen LogP contribution in [0.25, 0.3) is 0 Å². The minimum atomic E-state index is -1.14. The van der Waals surface area contributed by atoms with Crippen LogP contribution in [0.15, 0.2) is 0 Å². The molecule has 0 amide bonds. The van der Waals surface area contributed by atoms with E-state index in [0.717, 1.165) is 31.6 Å². The first-order chi connectivity index (χ1) is 17.6. The van der Waals surface area contributed by atoms with Crippen LogP contribution in [0.5, 0.6) is 0 Å². The van der Waals surface area contributed by atoms with Gasteiger partial charge in [0, 0.05) is 6.42 Å². The molecule has 1 saturated heterocycles. The van der Waals surface area contributed by atoms with Crippen LogP contribution in [0, 0.1) is 50.7 Å². The third-order valence-corrected chi connectivity index (χ3v) is 14.5. The monoisotopic (exact) mass is 530 g/mol. The molecule has 0 aromatic carbocycles. The number of aliphatic hydroxyl groups excluding tert-OH is 1. The highest BCUT2D eigenvalue weighted by Crippen LogP contribution is 2.93. The van der Waals surface area contributed by atoms with Crippen LogP contribution in [0.3, 0.4) is 0 Å². The Balaban J connectivity index is 1.29. The zero-order chi connectivity index (χ0) is 27.7. The molecular weight excluding hydrogens is 476 g/mol. The Labute approximate surface area is 230 Å². The van der Waals surface area contributed by atoms with E-state index in [2.05, 4.69) is 34.6 Å². The van der Waals surface area contributed by atoms with Gasteiger partial charge in [0.15, 0.2) is 6.10 Å². The van der Waals surface area contributed by atoms with Crippen molar-refractivity contribution in [3.05, 3.63) is 0 Å². The van der Waals surface area contributed by atoms with E-state index in [9.17, 15) is 15.0 Å². The molecule has 0 aromatic rings. The molecule has 2 N–H and O–H groups in total. The van der Waals surface area contributed by atoms with Gasteiger partial charge in [0.05, 0.1) is 23.9 Å². The van der Waals surface area contributed by atoms with Crippen molar-refractivity contribution in [2.24, 2.45) is 50.7 Å². The van der Waals surface area contributed by atoms with Gasteiger partial charge in [-0.15, -0.1) is 0 Å². The molecule has 6 fully saturated rings. The van der Waals surface area contributed by atoms with Gasteiger partial charge in [-0.25, -0.2) is 0 Å². The zero-order valence-corrected chi connectivity index (χ0v) is 25.3. The van der Waals surface area contributed by atoms with Crippen LogP contribution >= 0.6 is 0 Å². The predicted octanol–water partition coefficient (Wildman–Crippen LogP) is 6.28. The number of esters is 1. The van der Waals surface area contributed by atoms with Gasteiger partial charge in [-0.2, -0.15) is 0 Å². The zero-order valence-electron chi connectivity index (χ0n) is 25.3. The molecule has 12 atom stereocenters. The van der Waals surface area contributed by atoms with Crippen LogP contribution in [0.4, 0.5) is 0 Å². The highest BCUT2D eigenvalue weighted by molar-refractivity contribution is 5.69. The van der Waals surface area contributed by atoms with E-state index in [1.807, 2.05) is 0 Å². The maximum absolute atomic E-state index is 12.2. The Morgan fingerprint density at radius 1 is 1.03 bits per heavy atom. The Hall–Kier alpha value is -0.650. The lowest BCUT2D eigenvalue weighted by atomic mass is 9.41. The first-order valence-corrected chi connectivity index (χ1v) is 15.9. The molecule has 5 nitrogen and oxygen atoms in total. The van der Waals surface area contributed by atoms with Gasteiger partial charge in [0.25, 0.3) is 0 Å². The Morgan fingerprint density at radius 2 is 1.74 bits per heavy atom. The third kappa shape index (κ3) is 3.13. The summed E-state index contributed by atoms with van der Waals surface area (Å²) in [5, 5.41) is 21.9. The number of carbonyl (C=O) groups excluding carboxylic acids is 1. The maximum Gasteiger partial charge on any atom is 0.305 e. The first-order valence-electron chi connectivity index (χ1n) is 15.9. The second-order valence-corrected chi connectivity index (χ2v) is 16.2. The van der Waals surface area contributed by atoms with E-state index in [4.69, 9.17) is 9.47 Å². The van der Waals surface area contributed by atoms with E-state index in [0.29, 0.717) is 40.4 Å². The number of hydrogen-bond acceptors (Lipinski definition) is 5. The summed E-state index contributed by atoms with van der Waals surface area (Å²) >= 11 is 0. The van der Waals surface area contributed by atoms with E-state index >= 15 is 0 Å². The normalized spacial score (nSPS) is 53.5. The van der Waals surface area contributed by atoms with Crippen molar-refractivity contribution in [2.75, 3.05) is 0 Å². The molecule has 5 saturated carbocycles. The van der Waals surface area contributed by atoms with Gasteiger partial charge in [-0.1, -0.05) is 41.5 Å². The minimum Gasteiger partial charge on any atom is -0.457 e. The number of ether oxygens (including phenoxy) is 2. The molecule has 0 bridgehead atoms. The highest BCUT2D eigenvalue weighted by atomic mass is 16.6. The molecule has 216 valence electrons. The quantitative estimate of drug-likeness (QED) is 0.418. The lowest BCUT2D eigenvalue weighted by molar-refractivity contribution is -0.202. The molecule has 1 aliphatic heterocycles. The third-order valence-electron chi connectivity index (χ3n) is 14.5. The Morgan fingerprint density at radius 3 is 2.39 bits per heavy atom. The number of rotatable bonds is 4. The van der Waals surface area contributed by atoms with Crippen molar-refractivity contribution in [3.8, 4) is 0 Å². The Bertz CT molecular complexity index is 984. The fourth-order valence-corrected chi connectivity index (χ4v) is 12.8. The number of aliphatic hydroxyl groups is 2. The van der Waals surface area contributed by atoms with Crippen molar-refractivity contribution in [1.29, 1.82) is 0 Å². The SMILES string of the molecule is CCC(=O)O[C@@H](C1CCC2C(CC3C4(C)CCC5C(C)(C)[C@@H](O)CC[C@@]56[C@@H](C)[C@@]46CC[C@]23C)O1)C(C)(C)O. The fourth-order valence-electron chi connectivity index (χ4n) is 12.8. The molecule has 6 rings (SSSR count). The second-order valence-electron chi connectivity index (χ2n) is 16.2. The van der Waals surface area contributed by atoms with Crippen molar-refractivity contribution in [3.63, 3.8) is 0 Å². The van der Waals surface area contributed by atoms with Gasteiger partial charge in [0.2, 0.25) is 0 Å². The molecule has 0 radical (unpaired) electrons. The molecule has 0 aromatic heterocycles. The van der Waals surface area contributed by atoms with Crippen LogP contribution < -0.4 is 0 Å². The van der Waals surface area contributed by atoms with Crippen molar-refractivity contribution in [1.82, 2.24) is 0 Å². The Kier molecular flexibility index (Phi) is 5.95. The molecule has 38 heavy (non-hydrogen) atoms. The standard InChI is InChI=1S/C33H54O5/c1-9-26(35)38-27(29(5,6)36)21-11-10-20-22(37-21)18-24-30(20,7)16-17-33-19(2)32(33)15-13-25(34)28(3,4)23(32)12-14-31(24,33)8/h19-25,27,34,36H,9-18H2,1-8H3/t19-,20?,21?,22?,23?,24?,25+,27+,30-,31?,32-,33+/m1/s1. The molecule has 6 unspecified atom stereocenters. The van der Waals surface area contributed by atoms with Crippen molar-refractivity contribution in [2.45, 2.75) is 150 Å². The molecule has 6 aliphatic rings. The highest BCUT2D eigenvalue weighted by Gasteiger charge is 2.87. The molecule has 5 heteroatoms. The van der Waals surface area contributed by atoms with Gasteiger partial charge >= 0.3 is 5.97 Å². The van der Waals surface area contributed by atoms with Crippen LogP contribution in [0.1, 0.15) is 120 Å². The van der Waals surface area contributed by atoms with E-state index in [1.165, 1.54) is 32.1 Å². The van der Waals surface area contributed by atoms with Gasteiger partial charge in [-0.3, -0.25) is 4.79 Å². The average molecular weight is 531 g/mol. The predicted molar refractivity (Wildman–Crippen MR) is 147 cm³/mol. The summed E-state index contributed by atoms with van der Waals surface area (Å²) in [5.74, 6) is 2.25. The number of carbonyl (C=O) groups is 1. The fraction of sp³-hybridized carbons (Fsp3) is 0.970. The molecular formula is C33H54O5. The van der Waals surface area contributed by atoms with Crippen molar-refractivity contribution >= 4 is 5.97 Å². The topological polar surface area (TPSA) is 76.0 Å².